The second-order valence-electron chi connectivity index (χ2n) is 3.14. The highest BCUT2D eigenvalue weighted by molar-refractivity contribution is 5.61. The molecule has 1 rings (SSSR count). The van der Waals surface area contributed by atoms with E-state index < -0.39 is 0 Å². The zero-order chi connectivity index (χ0) is 9.84. The summed E-state index contributed by atoms with van der Waals surface area (Å²) >= 11 is 0. The van der Waals surface area contributed by atoms with Gasteiger partial charge in [0.1, 0.15) is 12.0 Å². The van der Waals surface area contributed by atoms with Gasteiger partial charge in [0, 0.05) is 0 Å². The minimum absolute atomic E-state index is 0.215. The van der Waals surface area contributed by atoms with Gasteiger partial charge in [-0.25, -0.2) is 0 Å². The molecule has 13 heavy (non-hydrogen) atoms. The molecule has 1 N–H and O–H groups in total. The van der Waals surface area contributed by atoms with Crippen molar-refractivity contribution in [2.75, 3.05) is 14.1 Å². The molecule has 0 radical (unpaired) electrons. The quantitative estimate of drug-likeness (QED) is 0.709. The first-order valence-corrected chi connectivity index (χ1v) is 4.06. The highest BCUT2D eigenvalue weighted by Gasteiger charge is 2.11. The fraction of sp³-hybridized carbons (Fsp3) is 0.300. The molecule has 0 saturated carbocycles. The summed E-state index contributed by atoms with van der Waals surface area (Å²) in [5, 5.41) is 9.05. The van der Waals surface area contributed by atoms with E-state index in [1.807, 2.05) is 19.0 Å². The Kier molecular flexibility index (Phi) is 3.03. The summed E-state index contributed by atoms with van der Waals surface area (Å²) < 4.78 is 0. The molecule has 0 aromatic heterocycles. The zero-order valence-corrected chi connectivity index (χ0v) is 7.77. The normalized spacial score (nSPS) is 12.8. The molecular weight excluding hydrogens is 166 g/mol. The molecule has 0 heterocycles. The Bertz CT molecular complexity index is 279. The van der Waals surface area contributed by atoms with Crippen LogP contribution in [0.5, 0.6) is 5.75 Å². The minimum Gasteiger partial charge on any atom is -0.508 e. The van der Waals surface area contributed by atoms with E-state index in [2.05, 4.69) is 0 Å². The van der Waals surface area contributed by atoms with Gasteiger partial charge in [-0.1, -0.05) is 12.1 Å². The number of phenols is 1. The van der Waals surface area contributed by atoms with Gasteiger partial charge in [0.15, 0.2) is 0 Å². The third-order valence-electron chi connectivity index (χ3n) is 1.92. The van der Waals surface area contributed by atoms with E-state index in [0.29, 0.717) is 0 Å². The third kappa shape index (κ3) is 2.29. The lowest BCUT2D eigenvalue weighted by Crippen LogP contribution is -2.20. The first-order chi connectivity index (χ1) is 6.15. The van der Waals surface area contributed by atoms with Crippen LogP contribution in [0.2, 0.25) is 0 Å². The van der Waals surface area contributed by atoms with E-state index >= 15 is 0 Å². The molecule has 0 aliphatic heterocycles. The SMILES string of the molecule is CN(C)C(C=O)c1ccc(O)cc1. The summed E-state index contributed by atoms with van der Waals surface area (Å²) in [6.45, 7) is 0. The number of carbonyl (C=O) groups excluding carboxylic acids is 1. The van der Waals surface area contributed by atoms with Crippen LogP contribution in [-0.4, -0.2) is 30.4 Å². The van der Waals surface area contributed by atoms with Crippen LogP contribution in [0.4, 0.5) is 0 Å². The number of rotatable bonds is 3. The van der Waals surface area contributed by atoms with E-state index in [9.17, 15) is 4.79 Å². The second kappa shape index (κ2) is 4.05. The van der Waals surface area contributed by atoms with E-state index in [4.69, 9.17) is 5.11 Å². The number of benzene rings is 1. The summed E-state index contributed by atoms with van der Waals surface area (Å²) in [5.74, 6) is 0.215. The molecule has 1 aromatic rings. The molecule has 0 fully saturated rings. The molecule has 3 nitrogen and oxygen atoms in total. The molecule has 0 aliphatic carbocycles. The van der Waals surface area contributed by atoms with Gasteiger partial charge in [0.25, 0.3) is 0 Å². The fourth-order valence-electron chi connectivity index (χ4n) is 1.17. The van der Waals surface area contributed by atoms with Crippen molar-refractivity contribution in [2.45, 2.75) is 6.04 Å². The van der Waals surface area contributed by atoms with Gasteiger partial charge >= 0.3 is 0 Å². The van der Waals surface area contributed by atoms with Gasteiger partial charge in [0.05, 0.1) is 6.04 Å². The lowest BCUT2D eigenvalue weighted by molar-refractivity contribution is -0.111. The monoisotopic (exact) mass is 179 g/mol. The number of aromatic hydroxyl groups is 1. The van der Waals surface area contributed by atoms with Crippen LogP contribution in [0.15, 0.2) is 24.3 Å². The minimum atomic E-state index is -0.236. The van der Waals surface area contributed by atoms with Gasteiger partial charge in [0.2, 0.25) is 0 Å². The Hall–Kier alpha value is -1.35. The van der Waals surface area contributed by atoms with E-state index in [-0.39, 0.29) is 11.8 Å². The smallest absolute Gasteiger partial charge is 0.141 e. The first kappa shape index (κ1) is 9.74. The summed E-state index contributed by atoms with van der Waals surface area (Å²) in [4.78, 5) is 12.5. The van der Waals surface area contributed by atoms with Crippen LogP contribution < -0.4 is 0 Å². The van der Waals surface area contributed by atoms with Crippen LogP contribution in [0.25, 0.3) is 0 Å². The first-order valence-electron chi connectivity index (χ1n) is 4.06. The third-order valence-corrected chi connectivity index (χ3v) is 1.92. The topological polar surface area (TPSA) is 40.5 Å². The fourth-order valence-corrected chi connectivity index (χ4v) is 1.17. The van der Waals surface area contributed by atoms with Crippen molar-refractivity contribution < 1.29 is 9.90 Å². The Balaban J connectivity index is 2.92. The van der Waals surface area contributed by atoms with Gasteiger partial charge in [-0.15, -0.1) is 0 Å². The summed E-state index contributed by atoms with van der Waals surface area (Å²) in [6.07, 6.45) is 0.881. The maximum absolute atomic E-state index is 10.7. The van der Waals surface area contributed by atoms with Crippen LogP contribution in [-0.2, 0) is 4.79 Å². The van der Waals surface area contributed by atoms with Crippen molar-refractivity contribution in [3.8, 4) is 5.75 Å². The number of likely N-dealkylation sites (N-methyl/N-ethyl adjacent to an activating group) is 1. The Labute approximate surface area is 77.6 Å². The van der Waals surface area contributed by atoms with Crippen molar-refractivity contribution >= 4 is 6.29 Å². The number of hydrogen-bond donors (Lipinski definition) is 1. The van der Waals surface area contributed by atoms with E-state index in [0.717, 1.165) is 11.8 Å². The van der Waals surface area contributed by atoms with E-state index in [1.54, 1.807) is 24.3 Å². The van der Waals surface area contributed by atoms with Crippen molar-refractivity contribution in [3.05, 3.63) is 29.8 Å². The molecule has 0 aliphatic rings. The number of nitrogens with zero attached hydrogens (tertiary/aromatic N) is 1. The van der Waals surface area contributed by atoms with Crippen LogP contribution >= 0.6 is 0 Å². The largest absolute Gasteiger partial charge is 0.508 e. The number of phenolic OH excluding ortho intramolecular Hbond substituents is 1. The maximum Gasteiger partial charge on any atom is 0.141 e. The van der Waals surface area contributed by atoms with Crippen molar-refractivity contribution in [3.63, 3.8) is 0 Å². The highest BCUT2D eigenvalue weighted by Crippen LogP contribution is 2.18. The Morgan fingerprint density at radius 3 is 2.23 bits per heavy atom. The molecule has 1 atom stereocenters. The highest BCUT2D eigenvalue weighted by atomic mass is 16.3. The molecule has 0 spiro atoms. The summed E-state index contributed by atoms with van der Waals surface area (Å²) in [7, 11) is 3.68. The predicted octanol–water partition coefficient (Wildman–Crippen LogP) is 1.19. The number of carbonyl (C=O) groups is 1. The lowest BCUT2D eigenvalue weighted by Gasteiger charge is -2.18. The lowest BCUT2D eigenvalue weighted by atomic mass is 10.1. The molecule has 0 bridgehead atoms. The molecule has 0 saturated heterocycles. The number of aldehydes is 1. The average Bonchev–Trinajstić information content (AvgIpc) is 2.09. The number of hydrogen-bond acceptors (Lipinski definition) is 3. The molecule has 0 amide bonds. The van der Waals surface area contributed by atoms with Crippen LogP contribution in [0.1, 0.15) is 11.6 Å². The zero-order valence-electron chi connectivity index (χ0n) is 7.77. The van der Waals surface area contributed by atoms with Gasteiger partial charge in [-0.05, 0) is 31.8 Å². The molecule has 1 unspecified atom stereocenters. The molecule has 3 heteroatoms. The summed E-state index contributed by atoms with van der Waals surface area (Å²) in [5.41, 5.74) is 0.887. The second-order valence-corrected chi connectivity index (χ2v) is 3.14. The predicted molar refractivity (Wildman–Crippen MR) is 50.6 cm³/mol. The van der Waals surface area contributed by atoms with Crippen LogP contribution in [0, 0.1) is 0 Å². The molecular formula is C10H13NO2. The van der Waals surface area contributed by atoms with E-state index in [1.165, 1.54) is 0 Å². The standard InChI is InChI=1S/C10H13NO2/c1-11(2)10(7-12)8-3-5-9(13)6-4-8/h3-7,10,13H,1-2H3. The Morgan fingerprint density at radius 2 is 1.85 bits per heavy atom. The van der Waals surface area contributed by atoms with Gasteiger partial charge in [-0.2, -0.15) is 0 Å². The van der Waals surface area contributed by atoms with Crippen molar-refractivity contribution in [1.29, 1.82) is 0 Å². The average molecular weight is 179 g/mol. The van der Waals surface area contributed by atoms with Gasteiger partial charge in [-0.3, -0.25) is 4.90 Å². The van der Waals surface area contributed by atoms with Crippen molar-refractivity contribution in [2.24, 2.45) is 0 Å². The van der Waals surface area contributed by atoms with Crippen LogP contribution in [0.3, 0.4) is 0 Å². The van der Waals surface area contributed by atoms with Crippen molar-refractivity contribution in [1.82, 2.24) is 4.90 Å². The maximum atomic E-state index is 10.7. The molecule has 70 valence electrons. The molecule has 1 aromatic carbocycles. The van der Waals surface area contributed by atoms with Gasteiger partial charge < -0.3 is 9.90 Å². The Morgan fingerprint density at radius 1 is 1.31 bits per heavy atom. The summed E-state index contributed by atoms with van der Waals surface area (Å²) in [6, 6.07) is 6.41.